The summed E-state index contributed by atoms with van der Waals surface area (Å²) in [6.45, 7) is 2.42. The highest BCUT2D eigenvalue weighted by Gasteiger charge is 2.41. The van der Waals surface area contributed by atoms with E-state index in [2.05, 4.69) is 5.32 Å². The molecular weight excluding hydrogens is 193 g/mol. The van der Waals surface area contributed by atoms with Gasteiger partial charge in [0.25, 0.3) is 0 Å². The molecule has 0 amide bonds. The van der Waals surface area contributed by atoms with Crippen LogP contribution in [-0.2, 0) is 5.54 Å². The average molecular weight is 209 g/mol. The van der Waals surface area contributed by atoms with Gasteiger partial charge in [-0.1, -0.05) is 30.3 Å². The van der Waals surface area contributed by atoms with Crippen molar-refractivity contribution in [1.29, 1.82) is 0 Å². The molecule has 2 nitrogen and oxygen atoms in total. The van der Waals surface area contributed by atoms with E-state index < -0.39 is 11.4 Å². The van der Waals surface area contributed by atoms with Crippen LogP contribution >= 0.6 is 0 Å². The molecule has 0 saturated carbocycles. The molecule has 1 aromatic carbocycles. The van der Waals surface area contributed by atoms with Crippen molar-refractivity contribution in [3.8, 4) is 0 Å². The van der Waals surface area contributed by atoms with Crippen LogP contribution in [0.3, 0.4) is 0 Å². The van der Waals surface area contributed by atoms with Gasteiger partial charge in [0.2, 0.25) is 5.85 Å². The maximum Gasteiger partial charge on any atom is 0.210 e. The van der Waals surface area contributed by atoms with Crippen molar-refractivity contribution in [2.75, 3.05) is 6.54 Å². The van der Waals surface area contributed by atoms with Crippen LogP contribution in [0.15, 0.2) is 30.3 Å². The molecule has 3 heteroatoms. The van der Waals surface area contributed by atoms with Gasteiger partial charge in [0, 0.05) is 24.9 Å². The Morgan fingerprint density at radius 3 is 2.60 bits per heavy atom. The minimum Gasteiger partial charge on any atom is -0.362 e. The largest absolute Gasteiger partial charge is 0.362 e. The van der Waals surface area contributed by atoms with Gasteiger partial charge >= 0.3 is 0 Å². The highest BCUT2D eigenvalue weighted by Crippen LogP contribution is 2.35. The van der Waals surface area contributed by atoms with Crippen LogP contribution in [-0.4, -0.2) is 17.5 Å². The van der Waals surface area contributed by atoms with Gasteiger partial charge in [0.05, 0.1) is 0 Å². The van der Waals surface area contributed by atoms with Crippen LogP contribution in [0.5, 0.6) is 0 Å². The van der Waals surface area contributed by atoms with Crippen molar-refractivity contribution >= 4 is 0 Å². The third-order valence-corrected chi connectivity index (χ3v) is 3.06. The summed E-state index contributed by atoms with van der Waals surface area (Å²) in [4.78, 5) is 0. The van der Waals surface area contributed by atoms with Gasteiger partial charge in [-0.25, -0.2) is 4.39 Å². The van der Waals surface area contributed by atoms with E-state index in [0.29, 0.717) is 6.54 Å². The number of nitrogens with one attached hydrogen (secondary N) is 1. The maximum absolute atomic E-state index is 13.6. The number of halogens is 1. The lowest BCUT2D eigenvalue weighted by atomic mass is 9.82. The van der Waals surface area contributed by atoms with E-state index in [1.54, 1.807) is 0 Å². The predicted octanol–water partition coefficient (Wildman–Crippen LogP) is 1.94. The fraction of sp³-hybridized carbons (Fsp3) is 0.500. The molecule has 1 fully saturated rings. The van der Waals surface area contributed by atoms with E-state index in [-0.39, 0.29) is 12.8 Å². The van der Waals surface area contributed by atoms with Crippen LogP contribution in [0.2, 0.25) is 0 Å². The molecule has 1 heterocycles. The Balaban J connectivity index is 2.27. The van der Waals surface area contributed by atoms with Crippen molar-refractivity contribution in [2.24, 2.45) is 0 Å². The molecule has 0 radical (unpaired) electrons. The van der Waals surface area contributed by atoms with E-state index in [9.17, 15) is 9.50 Å². The van der Waals surface area contributed by atoms with Crippen LogP contribution in [0.25, 0.3) is 0 Å². The Kier molecular flexibility index (Phi) is 2.52. The molecule has 0 bridgehead atoms. The third-order valence-electron chi connectivity index (χ3n) is 3.06. The summed E-state index contributed by atoms with van der Waals surface area (Å²) < 4.78 is 13.6. The van der Waals surface area contributed by atoms with Crippen molar-refractivity contribution in [3.63, 3.8) is 0 Å². The number of rotatable bonds is 1. The standard InChI is InChI=1S/C12H16FNO/c1-11(10-5-3-2-4-6-10)9-12(13,15)7-8-14-11/h2-6,14-15H,7-9H2,1H3/t11-,12-/m1/s1. The summed E-state index contributed by atoms with van der Waals surface area (Å²) >= 11 is 0. The fourth-order valence-electron chi connectivity index (χ4n) is 2.23. The number of aliphatic hydroxyl groups is 1. The molecule has 0 spiro atoms. The summed E-state index contributed by atoms with van der Waals surface area (Å²) in [5.74, 6) is -2.05. The molecule has 1 saturated heterocycles. The molecule has 2 atom stereocenters. The first-order valence-corrected chi connectivity index (χ1v) is 5.24. The summed E-state index contributed by atoms with van der Waals surface area (Å²) in [5.41, 5.74) is 0.545. The minimum absolute atomic E-state index is 0.101. The van der Waals surface area contributed by atoms with Gasteiger partial charge in [0.1, 0.15) is 0 Å². The Hall–Kier alpha value is -0.930. The Labute approximate surface area is 89.1 Å². The molecule has 0 unspecified atom stereocenters. The van der Waals surface area contributed by atoms with Gasteiger partial charge in [-0.05, 0) is 12.5 Å². The van der Waals surface area contributed by atoms with Crippen molar-refractivity contribution < 1.29 is 9.50 Å². The summed E-state index contributed by atoms with van der Waals surface area (Å²) in [6.07, 6.45) is 0.263. The normalized spacial score (nSPS) is 36.5. The van der Waals surface area contributed by atoms with Crippen LogP contribution < -0.4 is 5.32 Å². The van der Waals surface area contributed by atoms with Gasteiger partial charge < -0.3 is 10.4 Å². The summed E-state index contributed by atoms with van der Waals surface area (Å²) in [7, 11) is 0. The molecule has 1 aliphatic rings. The zero-order chi connectivity index (χ0) is 10.9. The topological polar surface area (TPSA) is 32.3 Å². The number of hydrogen-bond donors (Lipinski definition) is 2. The molecule has 2 rings (SSSR count). The first kappa shape index (κ1) is 10.6. The molecule has 82 valence electrons. The monoisotopic (exact) mass is 209 g/mol. The van der Waals surface area contributed by atoms with Gasteiger partial charge in [-0.2, -0.15) is 0 Å². The Bertz CT molecular complexity index is 339. The minimum atomic E-state index is -2.05. The lowest BCUT2D eigenvalue weighted by Crippen LogP contribution is -2.51. The van der Waals surface area contributed by atoms with Crippen molar-refractivity contribution in [2.45, 2.75) is 31.2 Å². The van der Waals surface area contributed by atoms with Gasteiger partial charge in [-0.15, -0.1) is 0 Å². The van der Waals surface area contributed by atoms with Crippen LogP contribution in [0.1, 0.15) is 25.3 Å². The lowest BCUT2D eigenvalue weighted by molar-refractivity contribution is -0.132. The van der Waals surface area contributed by atoms with Crippen LogP contribution in [0, 0.1) is 0 Å². The maximum atomic E-state index is 13.6. The van der Waals surface area contributed by atoms with E-state index in [1.807, 2.05) is 37.3 Å². The predicted molar refractivity (Wildman–Crippen MR) is 57.1 cm³/mol. The second kappa shape index (κ2) is 3.58. The fourth-order valence-corrected chi connectivity index (χ4v) is 2.23. The zero-order valence-corrected chi connectivity index (χ0v) is 8.83. The molecular formula is C12H16FNO. The van der Waals surface area contributed by atoms with Gasteiger partial charge in [0.15, 0.2) is 0 Å². The van der Waals surface area contributed by atoms with E-state index in [0.717, 1.165) is 5.56 Å². The second-order valence-electron chi connectivity index (χ2n) is 4.47. The quantitative estimate of drug-likeness (QED) is 0.741. The van der Waals surface area contributed by atoms with Crippen LogP contribution in [0.4, 0.5) is 4.39 Å². The molecule has 2 N–H and O–H groups in total. The number of alkyl halides is 1. The molecule has 1 aromatic rings. The smallest absolute Gasteiger partial charge is 0.210 e. The second-order valence-corrected chi connectivity index (χ2v) is 4.47. The summed E-state index contributed by atoms with van der Waals surface area (Å²) in [6, 6.07) is 9.68. The Morgan fingerprint density at radius 1 is 1.33 bits per heavy atom. The molecule has 0 aliphatic carbocycles. The van der Waals surface area contributed by atoms with Crippen molar-refractivity contribution in [3.05, 3.63) is 35.9 Å². The zero-order valence-electron chi connectivity index (χ0n) is 8.83. The lowest BCUT2D eigenvalue weighted by Gasteiger charge is -2.40. The van der Waals surface area contributed by atoms with Gasteiger partial charge in [-0.3, -0.25) is 0 Å². The van der Waals surface area contributed by atoms with E-state index in [1.165, 1.54) is 0 Å². The van der Waals surface area contributed by atoms with E-state index in [4.69, 9.17) is 0 Å². The number of piperidine rings is 1. The number of benzene rings is 1. The van der Waals surface area contributed by atoms with Crippen molar-refractivity contribution in [1.82, 2.24) is 5.32 Å². The molecule has 1 aliphatic heterocycles. The Morgan fingerprint density at radius 2 is 2.00 bits per heavy atom. The first-order chi connectivity index (χ1) is 7.02. The number of hydrogen-bond acceptors (Lipinski definition) is 2. The SMILES string of the molecule is C[C@]1(c2ccccc2)C[C@@](O)(F)CCN1. The van der Waals surface area contributed by atoms with E-state index >= 15 is 0 Å². The molecule has 15 heavy (non-hydrogen) atoms. The average Bonchev–Trinajstić information content (AvgIpc) is 2.17. The third kappa shape index (κ3) is 2.19. The summed E-state index contributed by atoms with van der Waals surface area (Å²) in [5, 5.41) is 12.7. The highest BCUT2D eigenvalue weighted by atomic mass is 19.2. The molecule has 0 aromatic heterocycles. The first-order valence-electron chi connectivity index (χ1n) is 5.24. The highest BCUT2D eigenvalue weighted by molar-refractivity contribution is 5.24.